The zero-order valence-electron chi connectivity index (χ0n) is 9.89. The van der Waals surface area contributed by atoms with Gasteiger partial charge in [0.05, 0.1) is 0 Å². The Morgan fingerprint density at radius 2 is 1.89 bits per heavy atom. The first-order chi connectivity index (χ1) is 8.97. The Kier molecular flexibility index (Phi) is 3.84. The quantitative estimate of drug-likeness (QED) is 0.928. The summed E-state index contributed by atoms with van der Waals surface area (Å²) in [6.45, 7) is 0. The van der Waals surface area contributed by atoms with Crippen molar-refractivity contribution in [1.82, 2.24) is 10.1 Å². The van der Waals surface area contributed by atoms with Crippen LogP contribution in [0.3, 0.4) is 0 Å². The second-order valence-corrected chi connectivity index (χ2v) is 4.07. The molecule has 0 amide bonds. The Morgan fingerprint density at radius 1 is 1.21 bits per heavy atom. The molecule has 2 rings (SSSR count). The van der Waals surface area contributed by atoms with Crippen LogP contribution >= 0.6 is 0 Å². The maximum Gasteiger partial charge on any atom is 0.455 e. The summed E-state index contributed by atoms with van der Waals surface area (Å²) in [5.74, 6) is -1.31. The molecule has 2 N–H and O–H groups in total. The second kappa shape index (κ2) is 5.40. The van der Waals surface area contributed by atoms with E-state index in [0.717, 1.165) is 5.56 Å². The van der Waals surface area contributed by atoms with Gasteiger partial charge in [-0.25, -0.2) is 0 Å². The lowest BCUT2D eigenvalue weighted by molar-refractivity contribution is -0.146. The Hall–Kier alpha value is -1.89. The Bertz CT molecular complexity index is 525. The topological polar surface area (TPSA) is 64.9 Å². The number of hydrogen-bond acceptors (Lipinski definition) is 4. The highest BCUT2D eigenvalue weighted by Gasteiger charge is 2.37. The fourth-order valence-electron chi connectivity index (χ4n) is 1.62. The predicted molar refractivity (Wildman–Crippen MR) is 61.0 cm³/mol. The molecule has 0 bridgehead atoms. The molecule has 0 aliphatic rings. The van der Waals surface area contributed by atoms with Gasteiger partial charge in [0.25, 0.3) is 5.82 Å². The summed E-state index contributed by atoms with van der Waals surface area (Å²) in [4.78, 5) is 3.29. The van der Waals surface area contributed by atoms with Gasteiger partial charge in [-0.3, -0.25) is 0 Å². The van der Waals surface area contributed by atoms with Gasteiger partial charge in [-0.2, -0.15) is 18.2 Å². The Labute approximate surface area is 107 Å². The molecule has 1 unspecified atom stereocenters. The summed E-state index contributed by atoms with van der Waals surface area (Å²) in [5.41, 5.74) is 6.84. The van der Waals surface area contributed by atoms with E-state index in [1.54, 1.807) is 0 Å². The maximum absolute atomic E-state index is 12.3. The minimum absolute atomic E-state index is 0.0568. The molecular weight excluding hydrogens is 259 g/mol. The smallest absolute Gasteiger partial charge is 0.339 e. The zero-order valence-corrected chi connectivity index (χ0v) is 9.89. The molecule has 4 nitrogen and oxygen atoms in total. The van der Waals surface area contributed by atoms with Crippen LogP contribution in [0.4, 0.5) is 13.2 Å². The molecule has 1 aromatic carbocycles. The molecule has 19 heavy (non-hydrogen) atoms. The predicted octanol–water partition coefficient (Wildman–Crippen LogP) is 2.72. The molecule has 102 valence electrons. The summed E-state index contributed by atoms with van der Waals surface area (Å²) < 4.78 is 41.3. The van der Waals surface area contributed by atoms with Crippen molar-refractivity contribution in [2.45, 2.75) is 25.1 Å². The summed E-state index contributed by atoms with van der Waals surface area (Å²) in [5, 5.41) is 2.89. The lowest BCUT2D eigenvalue weighted by atomic mass is 10.0. The molecule has 2 aromatic rings. The first-order valence-electron chi connectivity index (χ1n) is 5.67. The molecular formula is C12H12F3N3O. The van der Waals surface area contributed by atoms with E-state index in [1.165, 1.54) is 0 Å². The van der Waals surface area contributed by atoms with Crippen LogP contribution in [0.15, 0.2) is 34.9 Å². The van der Waals surface area contributed by atoms with Crippen LogP contribution in [-0.4, -0.2) is 10.1 Å². The van der Waals surface area contributed by atoms with Crippen LogP contribution in [0.5, 0.6) is 0 Å². The minimum Gasteiger partial charge on any atom is -0.339 e. The van der Waals surface area contributed by atoms with Gasteiger partial charge in [-0.05, 0) is 12.0 Å². The van der Waals surface area contributed by atoms with Gasteiger partial charge in [0, 0.05) is 12.5 Å². The fraction of sp³-hybridized carbons (Fsp3) is 0.333. The van der Waals surface area contributed by atoms with Crippen molar-refractivity contribution >= 4 is 0 Å². The summed E-state index contributed by atoms with van der Waals surface area (Å²) in [7, 11) is 0. The average molecular weight is 271 g/mol. The molecule has 0 spiro atoms. The lowest BCUT2D eigenvalue weighted by Crippen LogP contribution is -2.11. The van der Waals surface area contributed by atoms with Gasteiger partial charge in [0.2, 0.25) is 5.89 Å². The summed E-state index contributed by atoms with van der Waals surface area (Å²) in [6.07, 6.45) is -3.94. The van der Waals surface area contributed by atoms with Gasteiger partial charge >= 0.3 is 6.18 Å². The van der Waals surface area contributed by atoms with Crippen molar-refractivity contribution in [1.29, 1.82) is 0 Å². The van der Waals surface area contributed by atoms with E-state index in [9.17, 15) is 13.2 Å². The molecule has 1 aromatic heterocycles. The number of aryl methyl sites for hydroxylation is 1. The van der Waals surface area contributed by atoms with Crippen molar-refractivity contribution in [3.05, 3.63) is 47.6 Å². The second-order valence-electron chi connectivity index (χ2n) is 4.07. The first kappa shape index (κ1) is 13.5. The number of halogens is 3. The normalized spacial score (nSPS) is 13.5. The molecule has 7 heteroatoms. The van der Waals surface area contributed by atoms with Gasteiger partial charge in [-0.1, -0.05) is 35.5 Å². The highest BCUT2D eigenvalue weighted by atomic mass is 19.4. The Morgan fingerprint density at radius 3 is 2.47 bits per heavy atom. The third kappa shape index (κ3) is 3.54. The number of alkyl halides is 3. The molecule has 0 aliphatic heterocycles. The number of nitrogens with two attached hydrogens (primary N) is 1. The molecule has 1 atom stereocenters. The van der Waals surface area contributed by atoms with E-state index in [2.05, 4.69) is 14.7 Å². The fourth-order valence-corrected chi connectivity index (χ4v) is 1.62. The van der Waals surface area contributed by atoms with E-state index in [0.29, 0.717) is 6.42 Å². The van der Waals surface area contributed by atoms with Crippen molar-refractivity contribution in [3.63, 3.8) is 0 Å². The summed E-state index contributed by atoms with van der Waals surface area (Å²) in [6, 6.07) is 9.01. The first-order valence-corrected chi connectivity index (χ1v) is 5.67. The van der Waals surface area contributed by atoms with Crippen molar-refractivity contribution in [2.24, 2.45) is 5.73 Å². The van der Waals surface area contributed by atoms with E-state index >= 15 is 0 Å². The van der Waals surface area contributed by atoms with Crippen LogP contribution in [0.2, 0.25) is 0 Å². The van der Waals surface area contributed by atoms with Crippen LogP contribution in [0.25, 0.3) is 0 Å². The third-order valence-electron chi connectivity index (χ3n) is 2.62. The summed E-state index contributed by atoms with van der Waals surface area (Å²) >= 11 is 0. The van der Waals surface area contributed by atoms with Crippen LogP contribution in [0, 0.1) is 0 Å². The maximum atomic E-state index is 12.3. The van der Waals surface area contributed by atoms with E-state index < -0.39 is 12.0 Å². The number of aromatic nitrogens is 2. The molecule has 0 saturated carbocycles. The molecule has 1 heterocycles. The van der Waals surface area contributed by atoms with E-state index in [-0.39, 0.29) is 18.4 Å². The van der Waals surface area contributed by atoms with Gasteiger partial charge < -0.3 is 10.3 Å². The number of nitrogens with zero attached hydrogens (tertiary/aromatic N) is 2. The lowest BCUT2D eigenvalue weighted by Gasteiger charge is -2.09. The minimum atomic E-state index is -4.58. The van der Waals surface area contributed by atoms with E-state index in [1.807, 2.05) is 30.3 Å². The zero-order chi connectivity index (χ0) is 13.9. The van der Waals surface area contributed by atoms with Crippen LogP contribution in [0.1, 0.15) is 29.7 Å². The average Bonchev–Trinajstić information content (AvgIpc) is 2.86. The number of rotatable bonds is 4. The van der Waals surface area contributed by atoms with Gasteiger partial charge in [0.15, 0.2) is 0 Å². The van der Waals surface area contributed by atoms with Gasteiger partial charge in [-0.15, -0.1) is 0 Å². The Balaban J connectivity index is 1.94. The molecule has 0 saturated heterocycles. The standard InChI is InChI=1S/C12H12F3N3O/c13-12(14,15)11-17-10(19-18-11)7-6-9(16)8-4-2-1-3-5-8/h1-5,9H,6-7,16H2. The van der Waals surface area contributed by atoms with Crippen molar-refractivity contribution < 1.29 is 17.7 Å². The third-order valence-corrected chi connectivity index (χ3v) is 2.62. The highest BCUT2D eigenvalue weighted by molar-refractivity contribution is 5.18. The van der Waals surface area contributed by atoms with Crippen LogP contribution in [-0.2, 0) is 12.6 Å². The van der Waals surface area contributed by atoms with Crippen molar-refractivity contribution in [2.75, 3.05) is 0 Å². The number of benzene rings is 1. The highest BCUT2D eigenvalue weighted by Crippen LogP contribution is 2.26. The van der Waals surface area contributed by atoms with Crippen LogP contribution < -0.4 is 5.73 Å². The monoisotopic (exact) mass is 271 g/mol. The molecule has 0 aliphatic carbocycles. The molecule has 0 fully saturated rings. The van der Waals surface area contributed by atoms with Gasteiger partial charge in [0.1, 0.15) is 0 Å². The van der Waals surface area contributed by atoms with E-state index in [4.69, 9.17) is 5.73 Å². The van der Waals surface area contributed by atoms with Crippen molar-refractivity contribution in [3.8, 4) is 0 Å². The SMILES string of the molecule is NC(CCc1nc(C(F)(F)F)no1)c1ccccc1. The largest absolute Gasteiger partial charge is 0.455 e. The molecule has 0 radical (unpaired) electrons. The number of hydrogen-bond donors (Lipinski definition) is 1.